The van der Waals surface area contributed by atoms with Crippen molar-refractivity contribution in [1.29, 1.82) is 0 Å². The molecule has 0 spiro atoms. The summed E-state index contributed by atoms with van der Waals surface area (Å²) in [6.45, 7) is 3.68. The Labute approximate surface area is 188 Å². The van der Waals surface area contributed by atoms with Crippen LogP contribution in [0.25, 0.3) is 15.9 Å². The van der Waals surface area contributed by atoms with Crippen LogP contribution < -0.4 is 10.0 Å². The van der Waals surface area contributed by atoms with Gasteiger partial charge < -0.3 is 5.32 Å². The van der Waals surface area contributed by atoms with Crippen LogP contribution in [-0.2, 0) is 10.0 Å². The molecular weight excluding hydrogens is 456 g/mol. The zero-order valence-corrected chi connectivity index (χ0v) is 19.3. The molecule has 31 heavy (non-hydrogen) atoms. The van der Waals surface area contributed by atoms with E-state index < -0.39 is 10.0 Å². The number of sulfonamides is 1. The summed E-state index contributed by atoms with van der Waals surface area (Å²) in [7, 11) is -3.43. The maximum absolute atomic E-state index is 12.9. The van der Waals surface area contributed by atoms with E-state index in [9.17, 15) is 13.2 Å². The molecule has 2 N–H and O–H groups in total. The number of thiophene rings is 1. The van der Waals surface area contributed by atoms with Crippen molar-refractivity contribution >= 4 is 60.5 Å². The Balaban J connectivity index is 1.65. The molecule has 7 nitrogen and oxygen atoms in total. The molecule has 0 saturated carbocycles. The number of hydrogen-bond donors (Lipinski definition) is 2. The van der Waals surface area contributed by atoms with Crippen molar-refractivity contribution in [3.05, 3.63) is 69.7 Å². The first kappa shape index (κ1) is 21.4. The van der Waals surface area contributed by atoms with Crippen molar-refractivity contribution in [1.82, 2.24) is 9.78 Å². The number of nitrogens with zero attached hydrogens (tertiary/aromatic N) is 2. The number of nitrogens with one attached hydrogen (secondary N) is 2. The van der Waals surface area contributed by atoms with E-state index in [0.717, 1.165) is 33.4 Å². The number of aromatic nitrogens is 2. The second kappa shape index (κ2) is 7.99. The van der Waals surface area contributed by atoms with Gasteiger partial charge in [0.2, 0.25) is 10.0 Å². The topological polar surface area (TPSA) is 93.1 Å². The van der Waals surface area contributed by atoms with E-state index in [1.165, 1.54) is 11.3 Å². The molecule has 0 aliphatic heterocycles. The van der Waals surface area contributed by atoms with Gasteiger partial charge in [0, 0.05) is 16.1 Å². The molecule has 0 saturated heterocycles. The Hall–Kier alpha value is -2.88. The first-order valence-electron chi connectivity index (χ1n) is 9.25. The van der Waals surface area contributed by atoms with E-state index in [-0.39, 0.29) is 5.91 Å². The molecule has 0 radical (unpaired) electrons. The average Bonchev–Trinajstić information content (AvgIpc) is 3.24. The lowest BCUT2D eigenvalue weighted by Gasteiger charge is -2.10. The van der Waals surface area contributed by atoms with Crippen LogP contribution in [0.15, 0.2) is 48.5 Å². The molecule has 0 fully saturated rings. The fourth-order valence-electron chi connectivity index (χ4n) is 3.14. The van der Waals surface area contributed by atoms with Gasteiger partial charge in [-0.2, -0.15) is 5.10 Å². The van der Waals surface area contributed by atoms with Crippen LogP contribution in [0.2, 0.25) is 5.02 Å². The standard InChI is InChI=1S/C21H19ClN4O3S2/c1-12-7-8-15(10-18(12)25-31(3,28)29)23-20(27)19-11-17-13(2)24-26(21(17)30-19)16-6-4-5-14(22)9-16/h4-11,25H,1-3H3,(H,23,27). The molecule has 160 valence electrons. The summed E-state index contributed by atoms with van der Waals surface area (Å²) < 4.78 is 27.4. The lowest BCUT2D eigenvalue weighted by Crippen LogP contribution is -2.13. The summed E-state index contributed by atoms with van der Waals surface area (Å²) in [5.41, 5.74) is 3.29. The Kier molecular flexibility index (Phi) is 5.50. The number of aryl methyl sites for hydroxylation is 2. The van der Waals surface area contributed by atoms with Crippen LogP contribution in [0.1, 0.15) is 20.9 Å². The third-order valence-electron chi connectivity index (χ3n) is 4.61. The van der Waals surface area contributed by atoms with Gasteiger partial charge in [0.25, 0.3) is 5.91 Å². The fraction of sp³-hybridized carbons (Fsp3) is 0.143. The molecule has 4 rings (SSSR count). The van der Waals surface area contributed by atoms with Gasteiger partial charge in [0.05, 0.1) is 28.2 Å². The van der Waals surface area contributed by atoms with E-state index >= 15 is 0 Å². The molecule has 0 aliphatic carbocycles. The van der Waals surface area contributed by atoms with E-state index in [2.05, 4.69) is 15.1 Å². The minimum atomic E-state index is -3.43. The Bertz CT molecular complexity index is 1420. The smallest absolute Gasteiger partial charge is 0.265 e. The van der Waals surface area contributed by atoms with Gasteiger partial charge >= 0.3 is 0 Å². The summed E-state index contributed by atoms with van der Waals surface area (Å²) >= 11 is 7.44. The number of amides is 1. The predicted octanol–water partition coefficient (Wildman–Crippen LogP) is 4.98. The van der Waals surface area contributed by atoms with Crippen LogP contribution in [0.3, 0.4) is 0 Å². The molecule has 0 aliphatic rings. The second-order valence-corrected chi connectivity index (χ2v) is 10.4. The van der Waals surface area contributed by atoms with Crippen molar-refractivity contribution in [3.8, 4) is 5.69 Å². The van der Waals surface area contributed by atoms with Crippen LogP contribution in [0.4, 0.5) is 11.4 Å². The zero-order valence-electron chi connectivity index (χ0n) is 16.9. The molecule has 4 aromatic rings. The molecular formula is C21H19ClN4O3S2. The fourth-order valence-corrected chi connectivity index (χ4v) is 5.03. The van der Waals surface area contributed by atoms with Gasteiger partial charge in [-0.05, 0) is 55.8 Å². The third-order valence-corrected chi connectivity index (χ3v) is 6.55. The average molecular weight is 475 g/mol. The highest BCUT2D eigenvalue weighted by atomic mass is 35.5. The first-order valence-corrected chi connectivity index (χ1v) is 12.3. The Morgan fingerprint density at radius 2 is 1.90 bits per heavy atom. The Morgan fingerprint density at radius 1 is 1.13 bits per heavy atom. The van der Waals surface area contributed by atoms with E-state index in [0.29, 0.717) is 21.3 Å². The van der Waals surface area contributed by atoms with Crippen molar-refractivity contribution in [2.45, 2.75) is 13.8 Å². The number of hydrogen-bond acceptors (Lipinski definition) is 5. The van der Waals surface area contributed by atoms with Gasteiger partial charge in [-0.3, -0.25) is 9.52 Å². The number of carbonyl (C=O) groups excluding carboxylic acids is 1. The quantitative estimate of drug-likeness (QED) is 0.426. The monoisotopic (exact) mass is 474 g/mol. The number of fused-ring (bicyclic) bond motifs is 1. The van der Waals surface area contributed by atoms with Crippen molar-refractivity contribution in [2.75, 3.05) is 16.3 Å². The molecule has 2 heterocycles. The van der Waals surface area contributed by atoms with Crippen LogP contribution in [-0.4, -0.2) is 30.4 Å². The first-order chi connectivity index (χ1) is 14.6. The van der Waals surface area contributed by atoms with E-state index in [1.54, 1.807) is 35.9 Å². The SMILES string of the molecule is Cc1ccc(NC(=O)c2cc3c(C)nn(-c4cccc(Cl)c4)c3s2)cc1NS(C)(=O)=O. The van der Waals surface area contributed by atoms with Crippen molar-refractivity contribution < 1.29 is 13.2 Å². The number of benzene rings is 2. The molecule has 0 atom stereocenters. The maximum atomic E-state index is 12.9. The molecule has 10 heteroatoms. The summed E-state index contributed by atoms with van der Waals surface area (Å²) in [5, 5.41) is 8.90. The summed E-state index contributed by atoms with van der Waals surface area (Å²) in [4.78, 5) is 14.2. The highest BCUT2D eigenvalue weighted by Crippen LogP contribution is 2.31. The van der Waals surface area contributed by atoms with Crippen molar-refractivity contribution in [2.24, 2.45) is 0 Å². The lowest BCUT2D eigenvalue weighted by molar-refractivity contribution is 0.103. The molecule has 1 amide bonds. The number of rotatable bonds is 5. The molecule has 0 unspecified atom stereocenters. The van der Waals surface area contributed by atoms with Gasteiger partial charge in [0.1, 0.15) is 4.83 Å². The number of carbonyl (C=O) groups is 1. The molecule has 0 bridgehead atoms. The minimum absolute atomic E-state index is 0.285. The minimum Gasteiger partial charge on any atom is -0.321 e. The second-order valence-electron chi connectivity index (χ2n) is 7.16. The third kappa shape index (κ3) is 4.58. The predicted molar refractivity (Wildman–Crippen MR) is 126 cm³/mol. The Morgan fingerprint density at radius 3 is 2.61 bits per heavy atom. The van der Waals surface area contributed by atoms with Gasteiger partial charge in [-0.15, -0.1) is 11.3 Å². The summed E-state index contributed by atoms with van der Waals surface area (Å²) in [6.07, 6.45) is 1.08. The van der Waals surface area contributed by atoms with Gasteiger partial charge in [-0.1, -0.05) is 23.7 Å². The summed E-state index contributed by atoms with van der Waals surface area (Å²) in [5.74, 6) is -0.285. The van der Waals surface area contributed by atoms with Crippen molar-refractivity contribution in [3.63, 3.8) is 0 Å². The molecule has 2 aromatic carbocycles. The highest BCUT2D eigenvalue weighted by molar-refractivity contribution is 7.92. The summed E-state index contributed by atoms with van der Waals surface area (Å²) in [6, 6.07) is 14.2. The number of halogens is 1. The largest absolute Gasteiger partial charge is 0.321 e. The normalized spacial score (nSPS) is 11.6. The molecule has 2 aromatic heterocycles. The van der Waals surface area contributed by atoms with E-state index in [1.807, 2.05) is 31.2 Å². The zero-order chi connectivity index (χ0) is 22.3. The van der Waals surface area contributed by atoms with Crippen LogP contribution in [0, 0.1) is 13.8 Å². The van der Waals surface area contributed by atoms with Crippen LogP contribution in [0.5, 0.6) is 0 Å². The lowest BCUT2D eigenvalue weighted by atomic mass is 10.2. The van der Waals surface area contributed by atoms with E-state index in [4.69, 9.17) is 11.6 Å². The maximum Gasteiger partial charge on any atom is 0.265 e. The highest BCUT2D eigenvalue weighted by Gasteiger charge is 2.18. The number of anilines is 2. The van der Waals surface area contributed by atoms with Gasteiger partial charge in [0.15, 0.2) is 0 Å². The van der Waals surface area contributed by atoms with Crippen LogP contribution >= 0.6 is 22.9 Å². The van der Waals surface area contributed by atoms with Gasteiger partial charge in [-0.25, -0.2) is 13.1 Å².